The Morgan fingerprint density at radius 3 is 2.78 bits per heavy atom. The number of rotatable bonds is 4. The highest BCUT2D eigenvalue weighted by molar-refractivity contribution is 5.92. The van der Waals surface area contributed by atoms with Crippen LogP contribution in [0.1, 0.15) is 19.8 Å². The monoisotopic (exact) mass is 361 g/mol. The lowest BCUT2D eigenvalue weighted by atomic mass is 9.92. The Morgan fingerprint density at radius 1 is 1.15 bits per heavy atom. The predicted octanol–water partition coefficient (Wildman–Crippen LogP) is 4.35. The second-order valence-electron chi connectivity index (χ2n) is 7.02. The minimum absolute atomic E-state index is 0.0698. The molecule has 27 heavy (non-hydrogen) atoms. The molecule has 5 heteroatoms. The molecule has 1 aliphatic rings. The summed E-state index contributed by atoms with van der Waals surface area (Å²) in [6, 6.07) is 17.6. The molecule has 1 aliphatic heterocycles. The molecule has 138 valence electrons. The van der Waals surface area contributed by atoms with Crippen molar-refractivity contribution in [2.45, 2.75) is 25.8 Å². The van der Waals surface area contributed by atoms with Gasteiger partial charge in [-0.25, -0.2) is 0 Å². The highest BCUT2D eigenvalue weighted by Crippen LogP contribution is 2.29. The molecule has 0 saturated carbocycles. The Bertz CT molecular complexity index is 934. The van der Waals surface area contributed by atoms with Crippen LogP contribution in [0, 0.1) is 5.92 Å². The number of para-hydroxylation sites is 1. The molecular formula is C22H23N3O2. The van der Waals surface area contributed by atoms with Crippen molar-refractivity contribution in [2.75, 3.05) is 11.9 Å². The van der Waals surface area contributed by atoms with Gasteiger partial charge in [-0.2, -0.15) is 0 Å². The van der Waals surface area contributed by atoms with E-state index in [1.54, 1.807) is 6.20 Å². The molecule has 0 aliphatic carbocycles. The van der Waals surface area contributed by atoms with Crippen molar-refractivity contribution in [2.24, 2.45) is 5.92 Å². The Balaban J connectivity index is 1.43. The zero-order chi connectivity index (χ0) is 18.6. The van der Waals surface area contributed by atoms with Crippen LogP contribution < -0.4 is 15.4 Å². The van der Waals surface area contributed by atoms with Crippen LogP contribution in [-0.2, 0) is 4.79 Å². The SMILES string of the molecule is C[C@H]1C[C@@H](C(=O)Nc2ccc(Oc3ccnc4ccccc34)cc2)CCN1. The number of pyridine rings is 1. The summed E-state index contributed by atoms with van der Waals surface area (Å²) in [5.74, 6) is 1.65. The summed E-state index contributed by atoms with van der Waals surface area (Å²) in [6.45, 7) is 3.01. The van der Waals surface area contributed by atoms with Crippen LogP contribution in [0.4, 0.5) is 5.69 Å². The fourth-order valence-corrected chi connectivity index (χ4v) is 3.51. The van der Waals surface area contributed by atoms with Crippen LogP contribution in [0.3, 0.4) is 0 Å². The van der Waals surface area contributed by atoms with Gasteiger partial charge in [-0.3, -0.25) is 9.78 Å². The molecule has 2 aromatic carbocycles. The number of fused-ring (bicyclic) bond motifs is 1. The maximum Gasteiger partial charge on any atom is 0.227 e. The number of carbonyl (C=O) groups is 1. The Morgan fingerprint density at radius 2 is 1.96 bits per heavy atom. The van der Waals surface area contributed by atoms with Gasteiger partial charge in [-0.05, 0) is 68.8 Å². The number of anilines is 1. The molecule has 1 fully saturated rings. The number of nitrogens with one attached hydrogen (secondary N) is 2. The van der Waals surface area contributed by atoms with Crippen LogP contribution in [0.5, 0.6) is 11.5 Å². The number of amides is 1. The summed E-state index contributed by atoms with van der Waals surface area (Å²) in [5, 5.41) is 7.36. The summed E-state index contributed by atoms with van der Waals surface area (Å²) in [5.41, 5.74) is 1.69. The fraction of sp³-hybridized carbons (Fsp3) is 0.273. The first-order chi connectivity index (χ1) is 13.2. The Hall–Kier alpha value is -2.92. The maximum atomic E-state index is 12.5. The Kier molecular flexibility index (Phi) is 5.03. The number of hydrogen-bond donors (Lipinski definition) is 2. The lowest BCUT2D eigenvalue weighted by Crippen LogP contribution is -2.40. The molecule has 2 atom stereocenters. The second kappa shape index (κ2) is 7.76. The third-order valence-corrected chi connectivity index (χ3v) is 4.95. The summed E-state index contributed by atoms with van der Waals surface area (Å²) < 4.78 is 6.02. The van der Waals surface area contributed by atoms with Gasteiger partial charge in [-0.1, -0.05) is 12.1 Å². The molecule has 1 aromatic heterocycles. The standard InChI is InChI=1S/C22H23N3O2/c1-15-14-16(10-12-23-15)22(26)25-17-6-8-18(9-7-17)27-21-11-13-24-20-5-3-2-4-19(20)21/h2-9,11,13,15-16,23H,10,12,14H2,1H3,(H,25,26)/t15-,16-/m0/s1. The number of nitrogens with zero attached hydrogens (tertiary/aromatic N) is 1. The number of piperidine rings is 1. The van der Waals surface area contributed by atoms with Crippen molar-refractivity contribution in [3.8, 4) is 11.5 Å². The van der Waals surface area contributed by atoms with E-state index in [9.17, 15) is 4.79 Å². The van der Waals surface area contributed by atoms with Crippen molar-refractivity contribution in [1.29, 1.82) is 0 Å². The molecular weight excluding hydrogens is 338 g/mol. The van der Waals surface area contributed by atoms with Gasteiger partial charge in [0.05, 0.1) is 5.52 Å². The van der Waals surface area contributed by atoms with Crippen LogP contribution in [-0.4, -0.2) is 23.5 Å². The summed E-state index contributed by atoms with van der Waals surface area (Å²) in [7, 11) is 0. The maximum absolute atomic E-state index is 12.5. The van der Waals surface area contributed by atoms with E-state index >= 15 is 0 Å². The van der Waals surface area contributed by atoms with Crippen LogP contribution in [0.25, 0.3) is 10.9 Å². The van der Waals surface area contributed by atoms with Gasteiger partial charge in [-0.15, -0.1) is 0 Å². The first-order valence-corrected chi connectivity index (χ1v) is 9.35. The molecule has 0 bridgehead atoms. The third-order valence-electron chi connectivity index (χ3n) is 4.95. The molecule has 4 rings (SSSR count). The molecule has 5 nitrogen and oxygen atoms in total. The summed E-state index contributed by atoms with van der Waals surface area (Å²) >= 11 is 0. The topological polar surface area (TPSA) is 63.2 Å². The van der Waals surface area contributed by atoms with Crippen molar-refractivity contribution >= 4 is 22.5 Å². The van der Waals surface area contributed by atoms with Gasteiger partial charge in [0.15, 0.2) is 0 Å². The molecule has 1 amide bonds. The first-order valence-electron chi connectivity index (χ1n) is 9.35. The molecule has 0 radical (unpaired) electrons. The van der Waals surface area contributed by atoms with Gasteiger partial charge in [0.1, 0.15) is 11.5 Å². The average Bonchev–Trinajstić information content (AvgIpc) is 2.70. The normalized spacial score (nSPS) is 19.6. The first kappa shape index (κ1) is 17.5. The van der Waals surface area contributed by atoms with Crippen LogP contribution in [0.15, 0.2) is 60.8 Å². The molecule has 3 aromatic rings. The van der Waals surface area contributed by atoms with E-state index in [2.05, 4.69) is 22.5 Å². The second-order valence-corrected chi connectivity index (χ2v) is 7.02. The summed E-state index contributed by atoms with van der Waals surface area (Å²) in [6.07, 6.45) is 3.50. The average molecular weight is 361 g/mol. The van der Waals surface area contributed by atoms with E-state index in [1.165, 1.54) is 0 Å². The molecule has 1 saturated heterocycles. The zero-order valence-corrected chi connectivity index (χ0v) is 15.3. The highest BCUT2D eigenvalue weighted by Gasteiger charge is 2.24. The van der Waals surface area contributed by atoms with E-state index in [1.807, 2.05) is 54.6 Å². The fourth-order valence-electron chi connectivity index (χ4n) is 3.51. The minimum atomic E-state index is 0.0698. The van der Waals surface area contributed by atoms with Gasteiger partial charge >= 0.3 is 0 Å². The van der Waals surface area contributed by atoms with E-state index < -0.39 is 0 Å². The van der Waals surface area contributed by atoms with E-state index in [-0.39, 0.29) is 11.8 Å². The molecule has 2 heterocycles. The zero-order valence-electron chi connectivity index (χ0n) is 15.3. The lowest BCUT2D eigenvalue weighted by Gasteiger charge is -2.27. The van der Waals surface area contributed by atoms with Gasteiger partial charge < -0.3 is 15.4 Å². The number of hydrogen-bond acceptors (Lipinski definition) is 4. The van der Waals surface area contributed by atoms with Gasteiger partial charge in [0, 0.05) is 29.2 Å². The number of carbonyl (C=O) groups excluding carboxylic acids is 1. The van der Waals surface area contributed by atoms with E-state index in [0.29, 0.717) is 6.04 Å². The third kappa shape index (κ3) is 4.09. The van der Waals surface area contributed by atoms with E-state index in [4.69, 9.17) is 4.74 Å². The summed E-state index contributed by atoms with van der Waals surface area (Å²) in [4.78, 5) is 16.8. The molecule has 0 spiro atoms. The van der Waals surface area contributed by atoms with Gasteiger partial charge in [0.2, 0.25) is 5.91 Å². The van der Waals surface area contributed by atoms with E-state index in [0.717, 1.165) is 47.5 Å². The van der Waals surface area contributed by atoms with Crippen LogP contribution in [0.2, 0.25) is 0 Å². The highest BCUT2D eigenvalue weighted by atomic mass is 16.5. The molecule has 2 N–H and O–H groups in total. The molecule has 0 unspecified atom stereocenters. The lowest BCUT2D eigenvalue weighted by molar-refractivity contribution is -0.120. The predicted molar refractivity (Wildman–Crippen MR) is 107 cm³/mol. The number of ether oxygens (including phenoxy) is 1. The minimum Gasteiger partial charge on any atom is -0.457 e. The van der Waals surface area contributed by atoms with Crippen molar-refractivity contribution in [3.63, 3.8) is 0 Å². The van der Waals surface area contributed by atoms with Gasteiger partial charge in [0.25, 0.3) is 0 Å². The Labute approximate surface area is 158 Å². The quantitative estimate of drug-likeness (QED) is 0.725. The largest absolute Gasteiger partial charge is 0.457 e. The van der Waals surface area contributed by atoms with Crippen molar-refractivity contribution in [3.05, 3.63) is 60.8 Å². The number of aromatic nitrogens is 1. The smallest absolute Gasteiger partial charge is 0.227 e. The van der Waals surface area contributed by atoms with Crippen LogP contribution >= 0.6 is 0 Å². The number of benzene rings is 2. The van der Waals surface area contributed by atoms with Crippen molar-refractivity contribution < 1.29 is 9.53 Å². The van der Waals surface area contributed by atoms with Crippen molar-refractivity contribution in [1.82, 2.24) is 10.3 Å².